The summed E-state index contributed by atoms with van der Waals surface area (Å²) in [6.45, 7) is 4.28. The van der Waals surface area contributed by atoms with Crippen molar-refractivity contribution in [3.05, 3.63) is 29.6 Å². The second-order valence-electron chi connectivity index (χ2n) is 4.01. The highest BCUT2D eigenvalue weighted by Gasteiger charge is 2.11. The van der Waals surface area contributed by atoms with Gasteiger partial charge in [-0.2, -0.15) is 0 Å². The molecule has 1 atom stereocenters. The maximum Gasteiger partial charge on any atom is 0.305 e. The largest absolute Gasteiger partial charge is 0.466 e. The summed E-state index contributed by atoms with van der Waals surface area (Å²) >= 11 is 0. The molecule has 0 aliphatic rings. The average molecular weight is 237 g/mol. The number of aliphatic hydroxyl groups excluding tert-OH is 1. The number of pyridine rings is 1. The number of esters is 1. The molecule has 1 unspecified atom stereocenters. The van der Waals surface area contributed by atoms with Crippen LogP contribution in [-0.2, 0) is 9.53 Å². The first-order valence-electron chi connectivity index (χ1n) is 5.89. The fraction of sp³-hybridized carbons (Fsp3) is 0.538. The molecule has 0 amide bonds. The number of rotatable bonds is 6. The van der Waals surface area contributed by atoms with Gasteiger partial charge < -0.3 is 9.84 Å². The summed E-state index contributed by atoms with van der Waals surface area (Å²) in [4.78, 5) is 15.3. The number of aryl methyl sites for hydroxylation is 1. The lowest BCUT2D eigenvalue weighted by Gasteiger charge is -2.10. The van der Waals surface area contributed by atoms with E-state index in [1.807, 2.05) is 26.0 Å². The normalized spacial score (nSPS) is 12.2. The summed E-state index contributed by atoms with van der Waals surface area (Å²) in [6, 6.07) is 3.67. The summed E-state index contributed by atoms with van der Waals surface area (Å²) in [7, 11) is 0. The number of hydrogen-bond donors (Lipinski definition) is 1. The van der Waals surface area contributed by atoms with Gasteiger partial charge in [-0.15, -0.1) is 0 Å². The Hall–Kier alpha value is -1.42. The van der Waals surface area contributed by atoms with Crippen molar-refractivity contribution in [2.75, 3.05) is 6.61 Å². The zero-order valence-electron chi connectivity index (χ0n) is 10.3. The monoisotopic (exact) mass is 237 g/mol. The van der Waals surface area contributed by atoms with Gasteiger partial charge in [0.15, 0.2) is 0 Å². The second-order valence-corrected chi connectivity index (χ2v) is 4.01. The average Bonchev–Trinajstić information content (AvgIpc) is 2.34. The third-order valence-corrected chi connectivity index (χ3v) is 2.41. The highest BCUT2D eigenvalue weighted by molar-refractivity contribution is 5.69. The molecule has 1 aromatic rings. The Morgan fingerprint density at radius 1 is 1.53 bits per heavy atom. The lowest BCUT2D eigenvalue weighted by molar-refractivity contribution is -0.144. The SMILES string of the molecule is CCCOC(=O)CCC(O)c1ccc(C)nc1. The standard InChI is InChI=1S/C13H19NO3/c1-3-8-17-13(16)7-6-12(15)11-5-4-10(2)14-9-11/h4-5,9,12,15H,3,6-8H2,1-2H3. The lowest BCUT2D eigenvalue weighted by Crippen LogP contribution is -2.08. The van der Waals surface area contributed by atoms with Crippen molar-refractivity contribution in [3.8, 4) is 0 Å². The molecule has 1 aromatic heterocycles. The Bertz CT molecular complexity index is 348. The summed E-state index contributed by atoms with van der Waals surface area (Å²) in [5.41, 5.74) is 1.64. The first-order valence-corrected chi connectivity index (χ1v) is 5.89. The van der Waals surface area contributed by atoms with Crippen LogP contribution in [0.1, 0.15) is 43.5 Å². The minimum atomic E-state index is -0.655. The van der Waals surface area contributed by atoms with Gasteiger partial charge in [0, 0.05) is 18.3 Å². The van der Waals surface area contributed by atoms with E-state index in [1.165, 1.54) is 0 Å². The second kappa shape index (κ2) is 7.01. The molecular formula is C13H19NO3. The Kier molecular flexibility index (Phi) is 5.63. The van der Waals surface area contributed by atoms with Crippen molar-refractivity contribution in [2.24, 2.45) is 0 Å². The van der Waals surface area contributed by atoms with Gasteiger partial charge in [-0.25, -0.2) is 0 Å². The van der Waals surface area contributed by atoms with Crippen molar-refractivity contribution >= 4 is 5.97 Å². The third kappa shape index (κ3) is 4.95. The molecule has 1 heterocycles. The van der Waals surface area contributed by atoms with E-state index in [2.05, 4.69) is 4.98 Å². The number of nitrogens with zero attached hydrogens (tertiary/aromatic N) is 1. The first kappa shape index (κ1) is 13.6. The van der Waals surface area contributed by atoms with E-state index in [0.29, 0.717) is 13.0 Å². The summed E-state index contributed by atoms with van der Waals surface area (Å²) in [5, 5.41) is 9.84. The van der Waals surface area contributed by atoms with Crippen LogP contribution in [0, 0.1) is 6.92 Å². The highest BCUT2D eigenvalue weighted by Crippen LogP contribution is 2.17. The van der Waals surface area contributed by atoms with E-state index in [1.54, 1.807) is 6.20 Å². The number of carbonyl (C=O) groups excluding carboxylic acids is 1. The van der Waals surface area contributed by atoms with Gasteiger partial charge in [0.2, 0.25) is 0 Å². The molecule has 4 nitrogen and oxygen atoms in total. The van der Waals surface area contributed by atoms with Gasteiger partial charge >= 0.3 is 5.97 Å². The first-order chi connectivity index (χ1) is 8.13. The topological polar surface area (TPSA) is 59.4 Å². The van der Waals surface area contributed by atoms with E-state index in [-0.39, 0.29) is 12.4 Å². The van der Waals surface area contributed by atoms with Crippen LogP contribution in [-0.4, -0.2) is 22.7 Å². The maximum atomic E-state index is 11.2. The quantitative estimate of drug-likeness (QED) is 0.770. The van der Waals surface area contributed by atoms with Crippen LogP contribution >= 0.6 is 0 Å². The molecule has 0 spiro atoms. The van der Waals surface area contributed by atoms with Crippen LogP contribution in [0.2, 0.25) is 0 Å². The van der Waals surface area contributed by atoms with Gasteiger partial charge in [0.05, 0.1) is 12.7 Å². The van der Waals surface area contributed by atoms with Crippen molar-refractivity contribution < 1.29 is 14.6 Å². The highest BCUT2D eigenvalue weighted by atomic mass is 16.5. The molecule has 0 aliphatic heterocycles. The summed E-state index contributed by atoms with van der Waals surface area (Å²) in [5.74, 6) is -0.258. The van der Waals surface area contributed by atoms with E-state index < -0.39 is 6.10 Å². The van der Waals surface area contributed by atoms with Crippen LogP contribution in [0.4, 0.5) is 0 Å². The molecule has 0 aromatic carbocycles. The molecule has 1 N–H and O–H groups in total. The van der Waals surface area contributed by atoms with E-state index >= 15 is 0 Å². The number of carbonyl (C=O) groups is 1. The van der Waals surface area contributed by atoms with Crippen LogP contribution in [0.3, 0.4) is 0 Å². The zero-order valence-corrected chi connectivity index (χ0v) is 10.3. The van der Waals surface area contributed by atoms with Gasteiger partial charge in [0.25, 0.3) is 0 Å². The fourth-order valence-corrected chi connectivity index (χ4v) is 1.39. The minimum Gasteiger partial charge on any atom is -0.466 e. The van der Waals surface area contributed by atoms with E-state index in [0.717, 1.165) is 17.7 Å². The number of ether oxygens (including phenoxy) is 1. The van der Waals surface area contributed by atoms with Crippen molar-refractivity contribution in [3.63, 3.8) is 0 Å². The van der Waals surface area contributed by atoms with Crippen molar-refractivity contribution in [1.29, 1.82) is 0 Å². The molecule has 0 fully saturated rings. The zero-order chi connectivity index (χ0) is 12.7. The minimum absolute atomic E-state index is 0.231. The number of aliphatic hydroxyl groups is 1. The molecule has 94 valence electrons. The fourth-order valence-electron chi connectivity index (χ4n) is 1.39. The van der Waals surface area contributed by atoms with E-state index in [9.17, 15) is 9.90 Å². The maximum absolute atomic E-state index is 11.2. The lowest BCUT2D eigenvalue weighted by atomic mass is 10.1. The van der Waals surface area contributed by atoms with E-state index in [4.69, 9.17) is 4.74 Å². The van der Waals surface area contributed by atoms with Gasteiger partial charge in [-0.05, 0) is 31.4 Å². The van der Waals surface area contributed by atoms with Crippen LogP contribution in [0.15, 0.2) is 18.3 Å². The Morgan fingerprint density at radius 3 is 2.88 bits per heavy atom. The molecule has 0 saturated carbocycles. The van der Waals surface area contributed by atoms with Crippen molar-refractivity contribution in [1.82, 2.24) is 4.98 Å². The van der Waals surface area contributed by atoms with Crippen molar-refractivity contribution in [2.45, 2.75) is 39.2 Å². The molecular weight excluding hydrogens is 218 g/mol. The molecule has 4 heteroatoms. The smallest absolute Gasteiger partial charge is 0.305 e. The Labute approximate surface area is 102 Å². The molecule has 1 rings (SSSR count). The van der Waals surface area contributed by atoms with Crippen LogP contribution in [0.5, 0.6) is 0 Å². The van der Waals surface area contributed by atoms with Gasteiger partial charge in [-0.3, -0.25) is 9.78 Å². The summed E-state index contributed by atoms with van der Waals surface area (Å²) < 4.78 is 4.93. The molecule has 0 aliphatic carbocycles. The predicted molar refractivity (Wildman–Crippen MR) is 64.4 cm³/mol. The Balaban J connectivity index is 2.36. The summed E-state index contributed by atoms with van der Waals surface area (Å²) in [6.07, 6.45) is 2.40. The van der Waals surface area contributed by atoms with Gasteiger partial charge in [-0.1, -0.05) is 13.0 Å². The molecule has 0 radical (unpaired) electrons. The third-order valence-electron chi connectivity index (χ3n) is 2.41. The van der Waals surface area contributed by atoms with Crippen LogP contribution in [0.25, 0.3) is 0 Å². The molecule has 17 heavy (non-hydrogen) atoms. The molecule has 0 saturated heterocycles. The number of hydrogen-bond acceptors (Lipinski definition) is 4. The number of aromatic nitrogens is 1. The Morgan fingerprint density at radius 2 is 2.29 bits per heavy atom. The van der Waals surface area contributed by atoms with Crippen LogP contribution < -0.4 is 0 Å². The van der Waals surface area contributed by atoms with Gasteiger partial charge in [0.1, 0.15) is 0 Å². The predicted octanol–water partition coefficient (Wildman–Crippen LogP) is 2.16. The molecule has 0 bridgehead atoms.